The number of esters is 1. The Kier molecular flexibility index (Phi) is 20.4. The molecule has 5 aliphatic rings. The highest BCUT2D eigenvalue weighted by molar-refractivity contribution is 7.60. The Morgan fingerprint density at radius 1 is 1.05 bits per heavy atom. The number of aryl methyl sites for hydroxylation is 1. The van der Waals surface area contributed by atoms with Gasteiger partial charge in [-0.25, -0.2) is 5.43 Å². The van der Waals surface area contributed by atoms with E-state index in [2.05, 4.69) is 102 Å². The van der Waals surface area contributed by atoms with Crippen LogP contribution >= 0.6 is 67.5 Å². The second kappa shape index (κ2) is 23.5. The highest BCUT2D eigenvalue weighted by atomic mass is 32.1. The summed E-state index contributed by atoms with van der Waals surface area (Å²) in [5, 5.41) is 5.85. The molecule has 3 fully saturated rings. The number of nitrogens with zero attached hydrogens (tertiary/aromatic N) is 6. The number of hydrogen-bond donors (Lipinski definition) is 2. The van der Waals surface area contributed by atoms with E-state index in [4.69, 9.17) is 14.5 Å². The summed E-state index contributed by atoms with van der Waals surface area (Å²) in [6, 6.07) is 7.75. The second-order valence-corrected chi connectivity index (χ2v) is 18.5. The number of pyridine rings is 1. The zero-order valence-corrected chi connectivity index (χ0v) is 43.7. The van der Waals surface area contributed by atoms with Crippen molar-refractivity contribution in [2.24, 2.45) is 17.3 Å². The zero-order valence-electron chi connectivity index (χ0n) is 38.7. The molecule has 13 nitrogen and oxygen atoms in total. The molecule has 1 saturated carbocycles. The molecule has 3 aromatic rings. The molecule has 64 heavy (non-hydrogen) atoms. The summed E-state index contributed by atoms with van der Waals surface area (Å²) in [4.78, 5) is 53.7. The van der Waals surface area contributed by atoms with Crippen molar-refractivity contribution in [2.45, 2.75) is 91.5 Å². The number of fused-ring (bicyclic) bond motifs is 6. The lowest BCUT2D eigenvalue weighted by Gasteiger charge is -2.37. The molecule has 2 saturated heterocycles. The number of cyclic esters (lactones) is 1. The van der Waals surface area contributed by atoms with Crippen LogP contribution in [0.5, 0.6) is 0 Å². The third-order valence-electron chi connectivity index (χ3n) is 13.4. The number of rotatable bonds is 7. The van der Waals surface area contributed by atoms with Crippen molar-refractivity contribution in [2.75, 3.05) is 78.0 Å². The predicted molar refractivity (Wildman–Crippen MR) is 282 cm³/mol. The van der Waals surface area contributed by atoms with E-state index in [-0.39, 0.29) is 104 Å². The summed E-state index contributed by atoms with van der Waals surface area (Å²) in [6.45, 7) is 17.8. The predicted octanol–water partition coefficient (Wildman–Crippen LogP) is 5.60. The molecule has 1 unspecified atom stereocenters. The van der Waals surface area contributed by atoms with Crippen molar-refractivity contribution < 1.29 is 23.9 Å². The van der Waals surface area contributed by atoms with Gasteiger partial charge in [0, 0.05) is 93.8 Å². The first kappa shape index (κ1) is 55.8. The average molecular weight is 979 g/mol. The van der Waals surface area contributed by atoms with Gasteiger partial charge in [-0.1, -0.05) is 32.9 Å². The maximum Gasteiger partial charge on any atom is 0.324 e. The maximum absolute atomic E-state index is 14.2. The Balaban J connectivity index is 0.00000218. The molecule has 4 aliphatic heterocycles. The van der Waals surface area contributed by atoms with Crippen molar-refractivity contribution in [3.8, 4) is 11.3 Å². The van der Waals surface area contributed by atoms with Crippen molar-refractivity contribution in [3.05, 3.63) is 53.4 Å². The van der Waals surface area contributed by atoms with Gasteiger partial charge in [0.15, 0.2) is 0 Å². The van der Waals surface area contributed by atoms with E-state index in [1.165, 1.54) is 16.5 Å². The number of nitrogens with one attached hydrogen (secondary N) is 2. The molecular weight excluding hydrogens is 905 g/mol. The largest absolute Gasteiger partial charge is 0.464 e. The van der Waals surface area contributed by atoms with Gasteiger partial charge in [0.25, 0.3) is 5.91 Å². The number of carbonyl (C=O) groups excluding carboxylic acids is 3. The monoisotopic (exact) mass is 978 g/mol. The normalized spacial score (nSPS) is 25.0. The standard InChI is InChI=1S/C46H64N8O5.5H2S/c1-8-53-40-14-13-31-22-35(40)37(42(53)36-23-33(25-47-41(36)30(3)58-7)52-19-17-50(6)18-20-52)24-46(4,5)28-59-45(57)38-12-10-16-54(49-38)44(56)39(48-43(55)34-21-29(34)2)27-51-15-9-11-32(31)26-51;;;;;/h11,13-14,22-23,25,29-30,34,38-39,49H,8-10,12,15-21,24,26-28H2,1-7H3,(H,48,55);5*1H2/t29-,30-,34-,38-,39-;;;;;/m0...../s1. The Labute approximate surface area is 415 Å². The first-order valence-corrected chi connectivity index (χ1v) is 21.9. The lowest BCUT2D eigenvalue weighted by atomic mass is 9.84. The smallest absolute Gasteiger partial charge is 0.324 e. The molecule has 6 atom stereocenters. The summed E-state index contributed by atoms with van der Waals surface area (Å²) < 4.78 is 14.6. The summed E-state index contributed by atoms with van der Waals surface area (Å²) in [7, 11) is 3.91. The molecule has 0 spiro atoms. The fourth-order valence-electron chi connectivity index (χ4n) is 9.55. The van der Waals surface area contributed by atoms with Crippen LogP contribution in [0.15, 0.2) is 36.5 Å². The lowest BCUT2D eigenvalue weighted by molar-refractivity contribution is -0.155. The number of aromatic nitrogens is 2. The van der Waals surface area contributed by atoms with E-state index in [0.29, 0.717) is 44.8 Å². The van der Waals surface area contributed by atoms with Gasteiger partial charge in [-0.15, -0.1) is 0 Å². The highest BCUT2D eigenvalue weighted by Crippen LogP contribution is 2.43. The Bertz CT molecular complexity index is 2130. The first-order chi connectivity index (χ1) is 28.3. The third-order valence-corrected chi connectivity index (χ3v) is 13.4. The van der Waals surface area contributed by atoms with Gasteiger partial charge in [0.05, 0.1) is 36.0 Å². The fraction of sp³-hybridized carbons (Fsp3) is 0.609. The summed E-state index contributed by atoms with van der Waals surface area (Å²) in [6.07, 6.45) is 7.64. The number of anilines is 1. The van der Waals surface area contributed by atoms with E-state index in [9.17, 15) is 14.4 Å². The van der Waals surface area contributed by atoms with Gasteiger partial charge in [-0.05, 0) is 93.8 Å². The van der Waals surface area contributed by atoms with Crippen LogP contribution in [0.3, 0.4) is 0 Å². The van der Waals surface area contributed by atoms with Gasteiger partial charge in [0.1, 0.15) is 12.1 Å². The minimum absolute atomic E-state index is 0. The lowest BCUT2D eigenvalue weighted by Crippen LogP contribution is -2.62. The van der Waals surface area contributed by atoms with Crippen LogP contribution in [0, 0.1) is 17.3 Å². The van der Waals surface area contributed by atoms with Crippen LogP contribution in [0.1, 0.15) is 83.2 Å². The van der Waals surface area contributed by atoms with Crippen molar-refractivity contribution in [1.82, 2.24) is 35.1 Å². The second-order valence-electron chi connectivity index (χ2n) is 18.5. The maximum atomic E-state index is 14.2. The van der Waals surface area contributed by atoms with Crippen LogP contribution in [0.2, 0.25) is 0 Å². The Morgan fingerprint density at radius 3 is 2.44 bits per heavy atom. The average Bonchev–Trinajstić information content (AvgIpc) is 3.91. The van der Waals surface area contributed by atoms with Gasteiger partial charge in [-0.3, -0.25) is 29.3 Å². The third kappa shape index (κ3) is 11.9. The molecular formula is C46H74N8O5S5. The van der Waals surface area contributed by atoms with Crippen LogP contribution in [0.4, 0.5) is 5.69 Å². The van der Waals surface area contributed by atoms with Gasteiger partial charge >= 0.3 is 5.97 Å². The number of hydrazine groups is 1. The van der Waals surface area contributed by atoms with Crippen molar-refractivity contribution in [1.29, 1.82) is 0 Å². The topological polar surface area (TPSA) is 125 Å². The number of methoxy groups -OCH3 is 1. The molecule has 6 heterocycles. The molecule has 2 N–H and O–H groups in total. The zero-order chi connectivity index (χ0) is 41.6. The van der Waals surface area contributed by atoms with Crippen molar-refractivity contribution in [3.63, 3.8) is 0 Å². The first-order valence-electron chi connectivity index (χ1n) is 21.9. The quantitative estimate of drug-likeness (QED) is 0.290. The highest BCUT2D eigenvalue weighted by Gasteiger charge is 2.42. The van der Waals surface area contributed by atoms with Crippen LogP contribution in [-0.4, -0.2) is 127 Å². The van der Waals surface area contributed by atoms with E-state index in [1.807, 2.05) is 6.20 Å². The molecule has 1 aliphatic carbocycles. The number of ether oxygens (including phenoxy) is 2. The van der Waals surface area contributed by atoms with Crippen molar-refractivity contribution >= 4 is 107 Å². The van der Waals surface area contributed by atoms with E-state index in [1.54, 1.807) is 12.1 Å². The number of piperazine rings is 1. The number of carbonyl (C=O) groups is 3. The number of hydrogen-bond acceptors (Lipinski definition) is 10. The molecule has 0 radical (unpaired) electrons. The molecule has 8 rings (SSSR count). The SMILES string of the molecule is CCn1c(-c2cc(N3CCN(C)CC3)cnc2[C@H](C)OC)c2c3cc(ccc31)C1=CCCN(C1)C[C@H](NC(=O)[C@H]1C[C@@H]1C)C(=O)N1CCC[C@H](N1)C(=O)OCC(C)(C)C2.S.S.S.S.S. The van der Waals surface area contributed by atoms with Crippen LogP contribution < -0.4 is 15.6 Å². The molecule has 1 aromatic carbocycles. The fourth-order valence-corrected chi connectivity index (χ4v) is 9.55. The number of amides is 2. The Morgan fingerprint density at radius 2 is 1.77 bits per heavy atom. The van der Waals surface area contributed by atoms with E-state index < -0.39 is 17.5 Å². The van der Waals surface area contributed by atoms with Gasteiger partial charge < -0.3 is 29.2 Å². The van der Waals surface area contributed by atoms with Gasteiger partial charge in [-0.2, -0.15) is 67.5 Å². The summed E-state index contributed by atoms with van der Waals surface area (Å²) >= 11 is 0. The van der Waals surface area contributed by atoms with E-state index >= 15 is 0 Å². The molecule has 6 bridgehead atoms. The van der Waals surface area contributed by atoms with Gasteiger partial charge in [0.2, 0.25) is 5.91 Å². The number of benzene rings is 1. The minimum Gasteiger partial charge on any atom is -0.464 e. The Hall–Kier alpha value is -2.55. The molecule has 2 amide bonds. The molecule has 18 heteroatoms. The number of likely N-dealkylation sites (N-methyl/N-ethyl adjacent to an activating group) is 1. The minimum atomic E-state index is -0.746. The molecule has 2 aromatic heterocycles. The summed E-state index contributed by atoms with van der Waals surface area (Å²) in [5.41, 5.74) is 11.7. The summed E-state index contributed by atoms with van der Waals surface area (Å²) in [5.74, 6) is -0.390. The molecule has 358 valence electrons. The van der Waals surface area contributed by atoms with E-state index in [0.717, 1.165) is 85.8 Å². The van der Waals surface area contributed by atoms with Crippen LogP contribution in [-0.2, 0) is 36.8 Å². The van der Waals surface area contributed by atoms with Crippen LogP contribution in [0.25, 0.3) is 27.7 Å².